The van der Waals surface area contributed by atoms with Crippen molar-refractivity contribution in [3.05, 3.63) is 0 Å². The summed E-state index contributed by atoms with van der Waals surface area (Å²) in [4.78, 5) is 13.9. The highest BCUT2D eigenvalue weighted by molar-refractivity contribution is 5.76. The first-order chi connectivity index (χ1) is 7.76. The maximum Gasteiger partial charge on any atom is 0.222 e. The number of carbonyl (C=O) groups excluding carboxylic acids is 1. The van der Waals surface area contributed by atoms with Gasteiger partial charge in [0.2, 0.25) is 5.91 Å². The Morgan fingerprint density at radius 2 is 2.38 bits per heavy atom. The van der Waals surface area contributed by atoms with E-state index in [1.54, 1.807) is 0 Å². The maximum atomic E-state index is 11.9. The molecule has 1 N–H and O–H groups in total. The van der Waals surface area contributed by atoms with Gasteiger partial charge < -0.3 is 15.0 Å². The molecule has 92 valence electrons. The van der Waals surface area contributed by atoms with Gasteiger partial charge in [0.1, 0.15) is 0 Å². The Labute approximate surface area is 97.3 Å². The van der Waals surface area contributed by atoms with Gasteiger partial charge in [-0.15, -0.1) is 0 Å². The lowest BCUT2D eigenvalue weighted by Crippen LogP contribution is -2.32. The predicted molar refractivity (Wildman–Crippen MR) is 62.2 cm³/mol. The van der Waals surface area contributed by atoms with Crippen LogP contribution in [0.1, 0.15) is 25.7 Å². The van der Waals surface area contributed by atoms with Gasteiger partial charge in [0.15, 0.2) is 0 Å². The number of likely N-dealkylation sites (tertiary alicyclic amines) is 1. The van der Waals surface area contributed by atoms with E-state index in [0.29, 0.717) is 17.7 Å². The molecule has 0 aromatic carbocycles. The highest BCUT2D eigenvalue weighted by Gasteiger charge is 2.42. The Balaban J connectivity index is 1.77. The number of rotatable bonds is 4. The number of carbonyl (C=O) groups is 1. The molecule has 1 atom stereocenters. The molecule has 2 aliphatic rings. The van der Waals surface area contributed by atoms with Gasteiger partial charge in [-0.1, -0.05) is 0 Å². The first-order valence-electron chi connectivity index (χ1n) is 6.26. The van der Waals surface area contributed by atoms with Gasteiger partial charge in [-0.25, -0.2) is 0 Å². The summed E-state index contributed by atoms with van der Waals surface area (Å²) >= 11 is 0. The molecular weight excluding hydrogens is 204 g/mol. The van der Waals surface area contributed by atoms with Crippen molar-refractivity contribution in [1.82, 2.24) is 10.2 Å². The molecule has 2 saturated heterocycles. The van der Waals surface area contributed by atoms with E-state index in [1.807, 2.05) is 11.9 Å². The monoisotopic (exact) mass is 226 g/mol. The molecule has 4 nitrogen and oxygen atoms in total. The van der Waals surface area contributed by atoms with Crippen LogP contribution >= 0.6 is 0 Å². The normalized spacial score (nSPS) is 29.2. The fourth-order valence-corrected chi connectivity index (χ4v) is 2.69. The van der Waals surface area contributed by atoms with Gasteiger partial charge in [0, 0.05) is 31.5 Å². The number of amides is 1. The maximum absolute atomic E-state index is 11.9. The summed E-state index contributed by atoms with van der Waals surface area (Å²) in [5, 5.41) is 3.07. The largest absolute Gasteiger partial charge is 0.381 e. The lowest BCUT2D eigenvalue weighted by molar-refractivity contribution is -0.130. The SMILES string of the molecule is CNCCCC(=O)N1CCC2(CCOC2)C1. The van der Waals surface area contributed by atoms with Crippen LogP contribution < -0.4 is 5.32 Å². The van der Waals surface area contributed by atoms with Crippen molar-refractivity contribution in [2.24, 2.45) is 5.41 Å². The van der Waals surface area contributed by atoms with E-state index in [1.165, 1.54) is 0 Å². The van der Waals surface area contributed by atoms with Gasteiger partial charge in [-0.05, 0) is 32.9 Å². The van der Waals surface area contributed by atoms with Crippen molar-refractivity contribution >= 4 is 5.91 Å². The zero-order valence-corrected chi connectivity index (χ0v) is 10.1. The molecule has 0 aromatic rings. The molecule has 0 saturated carbocycles. The van der Waals surface area contributed by atoms with Crippen LogP contribution in [-0.4, -0.2) is 50.7 Å². The minimum atomic E-state index is 0.304. The molecule has 1 unspecified atom stereocenters. The molecule has 4 heteroatoms. The fraction of sp³-hybridized carbons (Fsp3) is 0.917. The molecule has 0 bridgehead atoms. The summed E-state index contributed by atoms with van der Waals surface area (Å²) < 4.78 is 5.46. The van der Waals surface area contributed by atoms with E-state index in [-0.39, 0.29) is 0 Å². The number of nitrogens with one attached hydrogen (secondary N) is 1. The standard InChI is InChI=1S/C12H22N2O2/c1-13-6-2-3-11(15)14-7-4-12(9-14)5-8-16-10-12/h13H,2-10H2,1H3. The molecule has 16 heavy (non-hydrogen) atoms. The fourth-order valence-electron chi connectivity index (χ4n) is 2.69. The zero-order chi connectivity index (χ0) is 11.4. The van der Waals surface area contributed by atoms with Crippen molar-refractivity contribution in [2.75, 3.05) is 39.9 Å². The second-order valence-corrected chi connectivity index (χ2v) is 5.07. The van der Waals surface area contributed by atoms with E-state index in [0.717, 1.165) is 52.1 Å². The molecule has 0 aliphatic carbocycles. The van der Waals surface area contributed by atoms with Crippen LogP contribution in [0.2, 0.25) is 0 Å². The summed E-state index contributed by atoms with van der Waals surface area (Å²) in [6.07, 6.45) is 3.88. The first kappa shape index (κ1) is 11.9. The quantitative estimate of drug-likeness (QED) is 0.715. The summed E-state index contributed by atoms with van der Waals surface area (Å²) in [7, 11) is 1.92. The Hall–Kier alpha value is -0.610. The van der Waals surface area contributed by atoms with Gasteiger partial charge in [-0.3, -0.25) is 4.79 Å². The third kappa shape index (κ3) is 2.55. The van der Waals surface area contributed by atoms with Crippen LogP contribution in [0.5, 0.6) is 0 Å². The van der Waals surface area contributed by atoms with Crippen molar-refractivity contribution in [2.45, 2.75) is 25.7 Å². The number of hydrogen-bond acceptors (Lipinski definition) is 3. The topological polar surface area (TPSA) is 41.6 Å². The van der Waals surface area contributed by atoms with Crippen LogP contribution in [0.3, 0.4) is 0 Å². The highest BCUT2D eigenvalue weighted by Crippen LogP contribution is 2.38. The molecule has 2 heterocycles. The molecule has 1 amide bonds. The van der Waals surface area contributed by atoms with Gasteiger partial charge >= 0.3 is 0 Å². The lowest BCUT2D eigenvalue weighted by atomic mass is 9.87. The molecule has 0 radical (unpaired) electrons. The van der Waals surface area contributed by atoms with Gasteiger partial charge in [0.25, 0.3) is 0 Å². The molecule has 2 fully saturated rings. The van der Waals surface area contributed by atoms with Crippen LogP contribution in [0.4, 0.5) is 0 Å². The highest BCUT2D eigenvalue weighted by atomic mass is 16.5. The second kappa shape index (κ2) is 5.15. The average Bonchev–Trinajstić information content (AvgIpc) is 2.90. The minimum Gasteiger partial charge on any atom is -0.381 e. The Bertz CT molecular complexity index is 249. The Morgan fingerprint density at radius 3 is 3.06 bits per heavy atom. The molecule has 2 rings (SSSR count). The van der Waals surface area contributed by atoms with Crippen molar-refractivity contribution in [3.63, 3.8) is 0 Å². The summed E-state index contributed by atoms with van der Waals surface area (Å²) in [6.45, 7) is 4.51. The summed E-state index contributed by atoms with van der Waals surface area (Å²) in [6, 6.07) is 0. The second-order valence-electron chi connectivity index (χ2n) is 5.07. The van der Waals surface area contributed by atoms with E-state index in [2.05, 4.69) is 5.32 Å². The van der Waals surface area contributed by atoms with Crippen LogP contribution in [0, 0.1) is 5.41 Å². The summed E-state index contributed by atoms with van der Waals surface area (Å²) in [5.74, 6) is 0.319. The minimum absolute atomic E-state index is 0.304. The zero-order valence-electron chi connectivity index (χ0n) is 10.1. The van der Waals surface area contributed by atoms with Crippen LogP contribution in [0.25, 0.3) is 0 Å². The van der Waals surface area contributed by atoms with E-state index in [9.17, 15) is 4.79 Å². The number of nitrogens with zero attached hydrogens (tertiary/aromatic N) is 1. The number of hydrogen-bond donors (Lipinski definition) is 1. The van der Waals surface area contributed by atoms with E-state index >= 15 is 0 Å². The van der Waals surface area contributed by atoms with Gasteiger partial charge in [-0.2, -0.15) is 0 Å². The molecule has 0 aromatic heterocycles. The van der Waals surface area contributed by atoms with Crippen molar-refractivity contribution < 1.29 is 9.53 Å². The summed E-state index contributed by atoms with van der Waals surface area (Å²) in [5.41, 5.74) is 0.304. The van der Waals surface area contributed by atoms with Crippen molar-refractivity contribution in [3.8, 4) is 0 Å². The smallest absolute Gasteiger partial charge is 0.222 e. The Morgan fingerprint density at radius 1 is 1.50 bits per heavy atom. The van der Waals surface area contributed by atoms with E-state index in [4.69, 9.17) is 4.74 Å². The first-order valence-corrected chi connectivity index (χ1v) is 6.26. The predicted octanol–water partition coefficient (Wildman–Crippen LogP) is 0.625. The molecular formula is C12H22N2O2. The van der Waals surface area contributed by atoms with Crippen LogP contribution in [-0.2, 0) is 9.53 Å². The lowest BCUT2D eigenvalue weighted by Gasteiger charge is -2.22. The molecule has 1 spiro atoms. The average molecular weight is 226 g/mol. The van der Waals surface area contributed by atoms with E-state index < -0.39 is 0 Å². The van der Waals surface area contributed by atoms with Crippen LogP contribution in [0.15, 0.2) is 0 Å². The van der Waals surface area contributed by atoms with Gasteiger partial charge in [0.05, 0.1) is 6.61 Å². The third-order valence-corrected chi connectivity index (χ3v) is 3.79. The Kier molecular flexibility index (Phi) is 3.82. The number of ether oxygens (including phenoxy) is 1. The molecule has 2 aliphatic heterocycles. The van der Waals surface area contributed by atoms with Crippen molar-refractivity contribution in [1.29, 1.82) is 0 Å². The third-order valence-electron chi connectivity index (χ3n) is 3.79.